The van der Waals surface area contributed by atoms with E-state index in [1.165, 1.54) is 0 Å². The van der Waals surface area contributed by atoms with Crippen LogP contribution < -0.4 is 10.1 Å². The van der Waals surface area contributed by atoms with E-state index in [1.807, 2.05) is 48.5 Å². The molecule has 0 saturated carbocycles. The van der Waals surface area contributed by atoms with Crippen LogP contribution in [0.3, 0.4) is 0 Å². The van der Waals surface area contributed by atoms with Gasteiger partial charge in [-0.15, -0.1) is 0 Å². The van der Waals surface area contributed by atoms with Gasteiger partial charge in [-0.25, -0.2) is 4.79 Å². The molecule has 0 bridgehead atoms. The first kappa shape index (κ1) is 20.8. The molecule has 0 aliphatic heterocycles. The van der Waals surface area contributed by atoms with Crippen LogP contribution in [0.5, 0.6) is 5.75 Å². The van der Waals surface area contributed by atoms with E-state index in [1.54, 1.807) is 14.0 Å². The largest absolute Gasteiger partial charge is 0.497 e. The average molecular weight is 418 g/mol. The highest BCUT2D eigenvalue weighted by Gasteiger charge is 2.26. The van der Waals surface area contributed by atoms with E-state index in [0.29, 0.717) is 12.1 Å². The molecular formula is C25H26N2O4. The second-order valence-electron chi connectivity index (χ2n) is 7.75. The third-order valence-corrected chi connectivity index (χ3v) is 5.65. The van der Waals surface area contributed by atoms with Crippen LogP contribution in [-0.4, -0.2) is 30.1 Å². The number of ether oxygens (including phenoxy) is 2. The third kappa shape index (κ3) is 4.53. The number of methoxy groups -OCH3 is 1. The Balaban J connectivity index is 1.48. The highest BCUT2D eigenvalue weighted by atomic mass is 16.5. The zero-order valence-corrected chi connectivity index (χ0v) is 17.8. The number of fused-ring (bicyclic) bond motifs is 2. The number of carbonyl (C=O) groups is 2. The molecule has 0 spiro atoms. The number of aromatic nitrogens is 1. The quantitative estimate of drug-likeness (QED) is 0.613. The molecule has 0 radical (unpaired) electrons. The van der Waals surface area contributed by atoms with Crippen LogP contribution in [0, 0.1) is 0 Å². The summed E-state index contributed by atoms with van der Waals surface area (Å²) in [5.41, 5.74) is 4.19. The number of para-hydroxylation sites is 1. The summed E-state index contributed by atoms with van der Waals surface area (Å²) in [6.45, 7) is 1.94. The van der Waals surface area contributed by atoms with Gasteiger partial charge in [-0.05, 0) is 61.9 Å². The SMILES string of the molecule is COc1ccc(CNC(=O)[C@H](C)OC(=O)c2c3c(nc4ccccc24)CCCC3)cc1. The highest BCUT2D eigenvalue weighted by Crippen LogP contribution is 2.30. The second kappa shape index (κ2) is 9.16. The maximum absolute atomic E-state index is 13.1. The van der Waals surface area contributed by atoms with Gasteiger partial charge >= 0.3 is 5.97 Å². The van der Waals surface area contributed by atoms with E-state index in [4.69, 9.17) is 14.5 Å². The first-order chi connectivity index (χ1) is 15.1. The van der Waals surface area contributed by atoms with Gasteiger partial charge in [0.15, 0.2) is 6.10 Å². The number of pyridine rings is 1. The molecule has 0 unspecified atom stereocenters. The molecule has 1 N–H and O–H groups in total. The fraction of sp³-hybridized carbons (Fsp3) is 0.320. The molecule has 6 heteroatoms. The number of benzene rings is 2. The summed E-state index contributed by atoms with van der Waals surface area (Å²) in [6.07, 6.45) is 2.84. The summed E-state index contributed by atoms with van der Waals surface area (Å²) < 4.78 is 10.7. The first-order valence-electron chi connectivity index (χ1n) is 10.6. The molecule has 1 heterocycles. The predicted molar refractivity (Wildman–Crippen MR) is 118 cm³/mol. The maximum Gasteiger partial charge on any atom is 0.339 e. The molecule has 1 aliphatic rings. The number of rotatable bonds is 6. The molecule has 6 nitrogen and oxygen atoms in total. The zero-order valence-electron chi connectivity index (χ0n) is 17.8. The lowest BCUT2D eigenvalue weighted by Gasteiger charge is -2.21. The van der Waals surface area contributed by atoms with Gasteiger partial charge in [0.25, 0.3) is 5.91 Å². The van der Waals surface area contributed by atoms with E-state index in [9.17, 15) is 9.59 Å². The zero-order chi connectivity index (χ0) is 21.8. The summed E-state index contributed by atoms with van der Waals surface area (Å²) in [4.78, 5) is 30.4. The van der Waals surface area contributed by atoms with Crippen LogP contribution in [0.25, 0.3) is 10.9 Å². The van der Waals surface area contributed by atoms with Gasteiger partial charge in [-0.3, -0.25) is 9.78 Å². The lowest BCUT2D eigenvalue weighted by atomic mass is 9.90. The monoisotopic (exact) mass is 418 g/mol. The smallest absolute Gasteiger partial charge is 0.339 e. The molecule has 1 aliphatic carbocycles. The molecule has 2 aromatic carbocycles. The Morgan fingerprint density at radius 2 is 1.81 bits per heavy atom. The normalized spacial score (nSPS) is 13.9. The van der Waals surface area contributed by atoms with Crippen LogP contribution in [0.15, 0.2) is 48.5 Å². The first-order valence-corrected chi connectivity index (χ1v) is 10.6. The van der Waals surface area contributed by atoms with Crippen molar-refractivity contribution in [3.63, 3.8) is 0 Å². The van der Waals surface area contributed by atoms with Crippen molar-refractivity contribution < 1.29 is 19.1 Å². The van der Waals surface area contributed by atoms with E-state index < -0.39 is 12.1 Å². The van der Waals surface area contributed by atoms with Crippen LogP contribution in [0.1, 0.15) is 46.9 Å². The molecule has 1 atom stereocenters. The van der Waals surface area contributed by atoms with E-state index >= 15 is 0 Å². The second-order valence-corrected chi connectivity index (χ2v) is 7.75. The third-order valence-electron chi connectivity index (χ3n) is 5.65. The highest BCUT2D eigenvalue weighted by molar-refractivity contribution is 6.05. The molecule has 31 heavy (non-hydrogen) atoms. The van der Waals surface area contributed by atoms with Crippen molar-refractivity contribution in [3.8, 4) is 5.75 Å². The fourth-order valence-corrected chi connectivity index (χ4v) is 3.96. The number of amides is 1. The topological polar surface area (TPSA) is 77.5 Å². The van der Waals surface area contributed by atoms with Gasteiger partial charge in [0.2, 0.25) is 0 Å². The molecular weight excluding hydrogens is 392 g/mol. The number of nitrogens with one attached hydrogen (secondary N) is 1. The van der Waals surface area contributed by atoms with E-state index in [2.05, 4.69) is 5.32 Å². The summed E-state index contributed by atoms with van der Waals surface area (Å²) >= 11 is 0. The van der Waals surface area contributed by atoms with Gasteiger partial charge in [-0.1, -0.05) is 30.3 Å². The number of hydrogen-bond acceptors (Lipinski definition) is 5. The Morgan fingerprint density at radius 1 is 1.06 bits per heavy atom. The average Bonchev–Trinajstić information content (AvgIpc) is 2.81. The molecule has 1 amide bonds. The summed E-state index contributed by atoms with van der Waals surface area (Å²) in [5, 5.41) is 3.60. The Bertz CT molecular complexity index is 1110. The molecule has 4 rings (SSSR count). The minimum atomic E-state index is -0.906. The van der Waals surface area contributed by atoms with Crippen molar-refractivity contribution >= 4 is 22.8 Å². The van der Waals surface area contributed by atoms with Crippen molar-refractivity contribution in [2.45, 2.75) is 45.3 Å². The van der Waals surface area contributed by atoms with E-state index in [0.717, 1.165) is 59.2 Å². The van der Waals surface area contributed by atoms with Gasteiger partial charge in [0, 0.05) is 17.6 Å². The van der Waals surface area contributed by atoms with Gasteiger partial charge < -0.3 is 14.8 Å². The molecule has 0 saturated heterocycles. The maximum atomic E-state index is 13.1. The lowest BCUT2D eigenvalue weighted by molar-refractivity contribution is -0.129. The molecule has 3 aromatic rings. The van der Waals surface area contributed by atoms with Crippen LogP contribution in [0.2, 0.25) is 0 Å². The fourth-order valence-electron chi connectivity index (χ4n) is 3.96. The standard InChI is InChI=1S/C25H26N2O4/c1-16(24(28)26-15-17-11-13-18(30-2)14-12-17)31-25(29)23-19-7-3-5-9-21(19)27-22-10-6-4-8-20(22)23/h3,5,7,9,11-14,16H,4,6,8,10,15H2,1-2H3,(H,26,28)/t16-/m0/s1. The van der Waals surface area contributed by atoms with E-state index in [-0.39, 0.29) is 5.91 Å². The van der Waals surface area contributed by atoms with Gasteiger partial charge in [0.1, 0.15) is 5.75 Å². The van der Waals surface area contributed by atoms with Crippen molar-refractivity contribution in [1.29, 1.82) is 0 Å². The Morgan fingerprint density at radius 3 is 2.58 bits per heavy atom. The lowest BCUT2D eigenvalue weighted by Crippen LogP contribution is -2.35. The molecule has 0 fully saturated rings. The number of aryl methyl sites for hydroxylation is 1. The van der Waals surface area contributed by atoms with Crippen LogP contribution in [-0.2, 0) is 28.9 Å². The summed E-state index contributed by atoms with van der Waals surface area (Å²) in [6, 6.07) is 15.0. The minimum Gasteiger partial charge on any atom is -0.497 e. The summed E-state index contributed by atoms with van der Waals surface area (Å²) in [5.74, 6) is -0.0504. The summed E-state index contributed by atoms with van der Waals surface area (Å²) in [7, 11) is 1.61. The molecule has 160 valence electrons. The Kier molecular flexibility index (Phi) is 6.16. The molecule has 1 aromatic heterocycles. The number of esters is 1. The van der Waals surface area contributed by atoms with Crippen LogP contribution in [0.4, 0.5) is 0 Å². The van der Waals surface area contributed by atoms with Gasteiger partial charge in [-0.2, -0.15) is 0 Å². The van der Waals surface area contributed by atoms with Crippen LogP contribution >= 0.6 is 0 Å². The minimum absolute atomic E-state index is 0.337. The van der Waals surface area contributed by atoms with Crippen molar-refractivity contribution in [3.05, 3.63) is 70.9 Å². The van der Waals surface area contributed by atoms with Crippen molar-refractivity contribution in [1.82, 2.24) is 10.3 Å². The number of carbonyl (C=O) groups excluding carboxylic acids is 2. The predicted octanol–water partition coefficient (Wildman–Crippen LogP) is 3.98. The van der Waals surface area contributed by atoms with Crippen molar-refractivity contribution in [2.24, 2.45) is 0 Å². The van der Waals surface area contributed by atoms with Gasteiger partial charge in [0.05, 0.1) is 18.2 Å². The van der Waals surface area contributed by atoms with Crippen molar-refractivity contribution in [2.75, 3.05) is 7.11 Å². The number of hydrogen-bond donors (Lipinski definition) is 1. The Hall–Kier alpha value is -3.41. The number of nitrogens with zero attached hydrogens (tertiary/aromatic N) is 1. The Labute approximate surface area is 181 Å².